The van der Waals surface area contributed by atoms with Crippen LogP contribution in [0.4, 0.5) is 5.69 Å². The summed E-state index contributed by atoms with van der Waals surface area (Å²) in [5.41, 5.74) is 2.16. The molecule has 0 aliphatic rings. The van der Waals surface area contributed by atoms with Crippen molar-refractivity contribution in [3.63, 3.8) is 0 Å². The van der Waals surface area contributed by atoms with Gasteiger partial charge in [0.05, 0.1) is 6.61 Å². The Morgan fingerprint density at radius 2 is 1.86 bits per heavy atom. The molecular weight excluding hydrogens is 386 g/mol. The second-order valence-electron chi connectivity index (χ2n) is 6.38. The average molecular weight is 410 g/mol. The Balaban J connectivity index is 1.71. The number of rotatable bonds is 8. The summed E-state index contributed by atoms with van der Waals surface area (Å²) in [4.78, 5) is 29.5. The van der Waals surface area contributed by atoms with E-state index in [0.29, 0.717) is 28.9 Å². The number of hydrogen-bond donors (Lipinski definition) is 1. The number of thioether (sulfide) groups is 1. The highest BCUT2D eigenvalue weighted by atomic mass is 32.2. The van der Waals surface area contributed by atoms with Crippen molar-refractivity contribution in [3.8, 4) is 5.75 Å². The Bertz CT molecular complexity index is 1020. The molecule has 0 aliphatic heterocycles. The van der Waals surface area contributed by atoms with E-state index >= 15 is 0 Å². The van der Waals surface area contributed by atoms with E-state index in [1.807, 2.05) is 37.3 Å². The number of anilines is 1. The molecule has 1 amide bonds. The zero-order chi connectivity index (χ0) is 20.6. The van der Waals surface area contributed by atoms with Gasteiger partial charge in [-0.3, -0.25) is 14.2 Å². The normalized spacial score (nSPS) is 10.6. The Kier molecular flexibility index (Phi) is 7.08. The van der Waals surface area contributed by atoms with Crippen LogP contribution in [-0.2, 0) is 17.1 Å². The third-order valence-corrected chi connectivity index (χ3v) is 5.11. The van der Waals surface area contributed by atoms with E-state index in [2.05, 4.69) is 10.3 Å². The summed E-state index contributed by atoms with van der Waals surface area (Å²) in [5.74, 6) is 1.12. The highest BCUT2D eigenvalue weighted by molar-refractivity contribution is 7.98. The maximum Gasteiger partial charge on any atom is 0.254 e. The van der Waals surface area contributed by atoms with Crippen molar-refractivity contribution < 1.29 is 9.53 Å². The number of nitrogens with one attached hydrogen (secondary N) is 1. The quantitative estimate of drug-likeness (QED) is 0.451. The Hall–Kier alpha value is -3.06. The topological polar surface area (TPSA) is 73.2 Å². The molecule has 3 rings (SSSR count). The molecule has 0 bridgehead atoms. The van der Waals surface area contributed by atoms with Crippen LogP contribution in [0.2, 0.25) is 0 Å². The van der Waals surface area contributed by atoms with Gasteiger partial charge in [0.2, 0.25) is 5.91 Å². The molecule has 1 heterocycles. The van der Waals surface area contributed by atoms with E-state index < -0.39 is 0 Å². The van der Waals surface area contributed by atoms with E-state index in [1.54, 1.807) is 31.2 Å². The van der Waals surface area contributed by atoms with Gasteiger partial charge in [0.15, 0.2) is 5.16 Å². The van der Waals surface area contributed by atoms with Gasteiger partial charge in [-0.15, -0.1) is 0 Å². The fourth-order valence-electron chi connectivity index (χ4n) is 2.72. The summed E-state index contributed by atoms with van der Waals surface area (Å²) in [7, 11) is 0. The van der Waals surface area contributed by atoms with Crippen LogP contribution in [0.15, 0.2) is 70.6 Å². The molecule has 0 spiro atoms. The first-order chi connectivity index (χ1) is 14.0. The van der Waals surface area contributed by atoms with Crippen LogP contribution in [0, 0.1) is 6.92 Å². The zero-order valence-corrected chi connectivity index (χ0v) is 17.2. The van der Waals surface area contributed by atoms with Gasteiger partial charge >= 0.3 is 0 Å². The maximum absolute atomic E-state index is 12.5. The van der Waals surface area contributed by atoms with Gasteiger partial charge in [0.1, 0.15) is 12.3 Å². The highest BCUT2D eigenvalue weighted by Gasteiger charge is 2.12. The van der Waals surface area contributed by atoms with Gasteiger partial charge in [-0.2, -0.15) is 0 Å². The van der Waals surface area contributed by atoms with Crippen molar-refractivity contribution in [3.05, 3.63) is 82.3 Å². The van der Waals surface area contributed by atoms with Crippen molar-refractivity contribution in [1.29, 1.82) is 0 Å². The lowest BCUT2D eigenvalue weighted by Gasteiger charge is -2.13. The molecule has 3 aromatic rings. The monoisotopic (exact) mass is 409 g/mol. The minimum Gasteiger partial charge on any atom is -0.494 e. The number of hydrogen-bond acceptors (Lipinski definition) is 5. The fourth-order valence-corrected chi connectivity index (χ4v) is 3.72. The van der Waals surface area contributed by atoms with Crippen molar-refractivity contribution >= 4 is 23.4 Å². The molecule has 0 fully saturated rings. The molecule has 2 aromatic carbocycles. The molecule has 6 nitrogen and oxygen atoms in total. The molecule has 1 aromatic heterocycles. The Morgan fingerprint density at radius 3 is 2.55 bits per heavy atom. The Labute approximate surface area is 173 Å². The molecule has 150 valence electrons. The van der Waals surface area contributed by atoms with Gasteiger partial charge in [-0.1, -0.05) is 42.1 Å². The van der Waals surface area contributed by atoms with E-state index in [1.165, 1.54) is 22.4 Å². The molecule has 7 heteroatoms. The van der Waals surface area contributed by atoms with Crippen molar-refractivity contribution in [2.24, 2.45) is 0 Å². The second kappa shape index (κ2) is 9.93. The first-order valence-corrected chi connectivity index (χ1v) is 10.3. The smallest absolute Gasteiger partial charge is 0.254 e. The minimum atomic E-state index is -0.288. The van der Waals surface area contributed by atoms with Crippen LogP contribution < -0.4 is 15.6 Å². The molecule has 0 unspecified atom stereocenters. The number of ether oxygens (including phenoxy) is 1. The van der Waals surface area contributed by atoms with Gasteiger partial charge in [0.25, 0.3) is 5.56 Å². The number of amides is 1. The van der Waals surface area contributed by atoms with Crippen molar-refractivity contribution in [1.82, 2.24) is 9.55 Å². The lowest BCUT2D eigenvalue weighted by atomic mass is 10.2. The van der Waals surface area contributed by atoms with Crippen LogP contribution in [0.1, 0.15) is 18.2 Å². The lowest BCUT2D eigenvalue weighted by Crippen LogP contribution is -2.29. The van der Waals surface area contributed by atoms with Gasteiger partial charge in [-0.05, 0) is 43.7 Å². The van der Waals surface area contributed by atoms with Crippen LogP contribution >= 0.6 is 11.8 Å². The van der Waals surface area contributed by atoms with Gasteiger partial charge < -0.3 is 10.1 Å². The number of aromatic nitrogens is 2. The van der Waals surface area contributed by atoms with Gasteiger partial charge in [0, 0.05) is 23.2 Å². The first kappa shape index (κ1) is 20.7. The summed E-state index contributed by atoms with van der Waals surface area (Å²) < 4.78 is 6.81. The molecule has 29 heavy (non-hydrogen) atoms. The number of benzene rings is 2. The SMILES string of the molecule is CCOc1ccc(NC(=O)Cn2c(SCc3ccccc3)nc(C)cc2=O)cc1. The number of carbonyl (C=O) groups is 1. The van der Waals surface area contributed by atoms with Crippen LogP contribution in [0.5, 0.6) is 5.75 Å². The number of carbonyl (C=O) groups excluding carboxylic acids is 1. The van der Waals surface area contributed by atoms with Gasteiger partial charge in [-0.25, -0.2) is 4.98 Å². The third-order valence-electron chi connectivity index (χ3n) is 4.06. The largest absolute Gasteiger partial charge is 0.494 e. The highest BCUT2D eigenvalue weighted by Crippen LogP contribution is 2.20. The maximum atomic E-state index is 12.5. The number of nitrogens with zero attached hydrogens (tertiary/aromatic N) is 2. The predicted octanol–water partition coefficient (Wildman–Crippen LogP) is 3.88. The lowest BCUT2D eigenvalue weighted by molar-refractivity contribution is -0.116. The first-order valence-electron chi connectivity index (χ1n) is 9.33. The predicted molar refractivity (Wildman–Crippen MR) is 115 cm³/mol. The molecular formula is C22H23N3O3S. The second-order valence-corrected chi connectivity index (χ2v) is 7.33. The molecule has 0 saturated carbocycles. The van der Waals surface area contributed by atoms with Crippen LogP contribution in [-0.4, -0.2) is 22.1 Å². The summed E-state index contributed by atoms with van der Waals surface area (Å²) in [5, 5.41) is 3.34. The molecule has 0 aliphatic carbocycles. The summed E-state index contributed by atoms with van der Waals surface area (Å²) in [6.07, 6.45) is 0. The Morgan fingerprint density at radius 1 is 1.14 bits per heavy atom. The zero-order valence-electron chi connectivity index (χ0n) is 16.4. The molecule has 0 radical (unpaired) electrons. The van der Waals surface area contributed by atoms with Crippen LogP contribution in [0.3, 0.4) is 0 Å². The van der Waals surface area contributed by atoms with Crippen molar-refractivity contribution in [2.75, 3.05) is 11.9 Å². The van der Waals surface area contributed by atoms with E-state index in [4.69, 9.17) is 4.74 Å². The summed E-state index contributed by atoms with van der Waals surface area (Å²) in [6, 6.07) is 18.5. The minimum absolute atomic E-state index is 0.101. The molecule has 0 saturated heterocycles. The summed E-state index contributed by atoms with van der Waals surface area (Å²) in [6.45, 7) is 4.17. The standard InChI is InChI=1S/C22H23N3O3S/c1-3-28-19-11-9-18(10-12-19)24-20(26)14-25-21(27)13-16(2)23-22(25)29-15-17-7-5-4-6-8-17/h4-13H,3,14-15H2,1-2H3,(H,24,26). The van der Waals surface area contributed by atoms with E-state index in [9.17, 15) is 9.59 Å². The third kappa shape index (κ3) is 5.96. The summed E-state index contributed by atoms with van der Waals surface area (Å²) >= 11 is 1.44. The van der Waals surface area contributed by atoms with E-state index in [-0.39, 0.29) is 18.0 Å². The molecule has 1 N–H and O–H groups in total. The molecule has 0 atom stereocenters. The van der Waals surface area contributed by atoms with Crippen LogP contribution in [0.25, 0.3) is 0 Å². The average Bonchev–Trinajstić information content (AvgIpc) is 2.71. The van der Waals surface area contributed by atoms with E-state index in [0.717, 1.165) is 11.3 Å². The number of aryl methyl sites for hydroxylation is 1. The fraction of sp³-hybridized carbons (Fsp3) is 0.227. The van der Waals surface area contributed by atoms with Crippen molar-refractivity contribution in [2.45, 2.75) is 31.3 Å².